The first-order chi connectivity index (χ1) is 12.6. The van der Waals surface area contributed by atoms with Crippen LogP contribution in [0.25, 0.3) is 0 Å². The van der Waals surface area contributed by atoms with Crippen molar-refractivity contribution < 1.29 is 19.1 Å². The molecule has 26 heavy (non-hydrogen) atoms. The first-order valence-corrected chi connectivity index (χ1v) is 8.43. The number of nitrogens with zero attached hydrogens (tertiary/aromatic N) is 1. The molecule has 0 bridgehead atoms. The molecule has 1 N–H and O–H groups in total. The Labute approximate surface area is 151 Å². The Kier molecular flexibility index (Phi) is 5.63. The number of amides is 2. The third-order valence-corrected chi connectivity index (χ3v) is 4.12. The lowest BCUT2D eigenvalue weighted by molar-refractivity contribution is -0.157. The summed E-state index contributed by atoms with van der Waals surface area (Å²) in [5.74, 6) is -0.930. The van der Waals surface area contributed by atoms with E-state index in [2.05, 4.69) is 5.32 Å². The molecule has 6 nitrogen and oxygen atoms in total. The largest absolute Gasteiger partial charge is 0.459 e. The lowest BCUT2D eigenvalue weighted by atomic mass is 10.1. The molecule has 1 heterocycles. The molecule has 0 radical (unpaired) electrons. The number of carbonyl (C=O) groups excluding carboxylic acids is 3. The second-order valence-electron chi connectivity index (χ2n) is 6.15. The van der Waals surface area contributed by atoms with Crippen molar-refractivity contribution >= 4 is 17.8 Å². The number of hydrogen-bond acceptors (Lipinski definition) is 4. The topological polar surface area (TPSA) is 75.7 Å². The molecule has 2 aromatic rings. The number of benzene rings is 2. The van der Waals surface area contributed by atoms with Crippen molar-refractivity contribution in [2.45, 2.75) is 19.1 Å². The van der Waals surface area contributed by atoms with Gasteiger partial charge in [-0.15, -0.1) is 0 Å². The average molecular weight is 352 g/mol. The molecule has 1 aliphatic rings. The van der Waals surface area contributed by atoms with Crippen molar-refractivity contribution in [3.63, 3.8) is 0 Å². The fraction of sp³-hybridized carbons (Fsp3) is 0.250. The number of likely N-dealkylation sites (tertiary alicyclic amines) is 1. The highest BCUT2D eigenvalue weighted by atomic mass is 16.5. The molecular weight excluding hydrogens is 332 g/mol. The molecule has 3 rings (SSSR count). The molecule has 1 atom stereocenters. The highest BCUT2D eigenvalue weighted by Gasteiger charge is 2.38. The van der Waals surface area contributed by atoms with Gasteiger partial charge in [0.25, 0.3) is 0 Å². The Morgan fingerprint density at radius 2 is 1.62 bits per heavy atom. The minimum Gasteiger partial charge on any atom is -0.459 e. The van der Waals surface area contributed by atoms with Crippen molar-refractivity contribution in [2.24, 2.45) is 0 Å². The van der Waals surface area contributed by atoms with Gasteiger partial charge in [0.15, 0.2) is 0 Å². The number of β-lactam (4-membered cyclic amide) rings is 1. The summed E-state index contributed by atoms with van der Waals surface area (Å²) in [6.45, 7) is 0.398. The Morgan fingerprint density at radius 1 is 1.00 bits per heavy atom. The van der Waals surface area contributed by atoms with Crippen LogP contribution in [0, 0.1) is 0 Å². The van der Waals surface area contributed by atoms with Gasteiger partial charge in [-0.1, -0.05) is 60.7 Å². The van der Waals surface area contributed by atoms with Crippen LogP contribution in [0.3, 0.4) is 0 Å². The number of rotatable bonds is 7. The van der Waals surface area contributed by atoms with E-state index in [1.807, 2.05) is 60.7 Å². The van der Waals surface area contributed by atoms with E-state index in [1.165, 1.54) is 4.90 Å². The molecule has 1 unspecified atom stereocenters. The van der Waals surface area contributed by atoms with Crippen LogP contribution >= 0.6 is 0 Å². The quantitative estimate of drug-likeness (QED) is 0.602. The molecule has 134 valence electrons. The SMILES string of the molecule is O=C(Cc1ccccc1)NC1CN(CC(=O)OCc2ccccc2)C1=O. The summed E-state index contributed by atoms with van der Waals surface area (Å²) in [5.41, 5.74) is 1.78. The highest BCUT2D eigenvalue weighted by Crippen LogP contribution is 2.11. The molecule has 0 saturated carbocycles. The van der Waals surface area contributed by atoms with E-state index in [0.29, 0.717) is 6.54 Å². The lowest BCUT2D eigenvalue weighted by Gasteiger charge is -2.37. The van der Waals surface area contributed by atoms with Crippen LogP contribution in [0.15, 0.2) is 60.7 Å². The van der Waals surface area contributed by atoms with Crippen molar-refractivity contribution in [3.8, 4) is 0 Å². The van der Waals surface area contributed by atoms with E-state index in [1.54, 1.807) is 0 Å². The van der Waals surface area contributed by atoms with Gasteiger partial charge in [0.2, 0.25) is 11.8 Å². The number of hydrogen-bond donors (Lipinski definition) is 1. The summed E-state index contributed by atoms with van der Waals surface area (Å²) in [6.07, 6.45) is 0.226. The minimum atomic E-state index is -0.562. The molecule has 1 saturated heterocycles. The predicted molar refractivity (Wildman–Crippen MR) is 94.9 cm³/mol. The summed E-state index contributed by atoms with van der Waals surface area (Å²) in [7, 11) is 0. The van der Waals surface area contributed by atoms with Crippen molar-refractivity contribution in [1.29, 1.82) is 0 Å². The maximum absolute atomic E-state index is 12.1. The molecule has 0 aliphatic carbocycles. The minimum absolute atomic E-state index is 0.100. The van der Waals surface area contributed by atoms with Crippen LogP contribution in [-0.4, -0.2) is 41.8 Å². The van der Waals surface area contributed by atoms with Crippen molar-refractivity contribution in [2.75, 3.05) is 13.1 Å². The zero-order chi connectivity index (χ0) is 18.4. The van der Waals surface area contributed by atoms with Crippen molar-refractivity contribution in [1.82, 2.24) is 10.2 Å². The zero-order valence-electron chi connectivity index (χ0n) is 14.3. The number of carbonyl (C=O) groups is 3. The highest BCUT2D eigenvalue weighted by molar-refractivity contribution is 5.94. The fourth-order valence-electron chi connectivity index (χ4n) is 2.71. The van der Waals surface area contributed by atoms with Gasteiger partial charge < -0.3 is 15.0 Å². The second-order valence-corrected chi connectivity index (χ2v) is 6.15. The second kappa shape index (κ2) is 8.29. The van der Waals surface area contributed by atoms with Crippen LogP contribution in [0.2, 0.25) is 0 Å². The molecule has 1 aliphatic heterocycles. The molecule has 1 fully saturated rings. The summed E-state index contributed by atoms with van der Waals surface area (Å²) in [5, 5.41) is 2.69. The monoisotopic (exact) mass is 352 g/mol. The third kappa shape index (κ3) is 4.69. The Hall–Kier alpha value is -3.15. The van der Waals surface area contributed by atoms with Gasteiger partial charge in [-0.3, -0.25) is 14.4 Å². The van der Waals surface area contributed by atoms with Gasteiger partial charge in [-0.05, 0) is 11.1 Å². The number of ether oxygens (including phenoxy) is 1. The average Bonchev–Trinajstić information content (AvgIpc) is 2.67. The van der Waals surface area contributed by atoms with Gasteiger partial charge in [-0.2, -0.15) is 0 Å². The fourth-order valence-corrected chi connectivity index (χ4v) is 2.71. The van der Waals surface area contributed by atoms with Gasteiger partial charge in [-0.25, -0.2) is 0 Å². The molecule has 0 aromatic heterocycles. The van der Waals surface area contributed by atoms with E-state index in [-0.39, 0.29) is 31.4 Å². The maximum atomic E-state index is 12.1. The normalized spacial score (nSPS) is 15.9. The first kappa shape index (κ1) is 17.7. The molecule has 2 aromatic carbocycles. The molecule has 2 amide bonds. The van der Waals surface area contributed by atoms with E-state index >= 15 is 0 Å². The van der Waals surface area contributed by atoms with Crippen LogP contribution in [0.5, 0.6) is 0 Å². The smallest absolute Gasteiger partial charge is 0.325 e. The van der Waals surface area contributed by atoms with E-state index in [9.17, 15) is 14.4 Å². The van der Waals surface area contributed by atoms with E-state index in [4.69, 9.17) is 4.74 Å². The van der Waals surface area contributed by atoms with Gasteiger partial charge in [0, 0.05) is 0 Å². The first-order valence-electron chi connectivity index (χ1n) is 8.43. The summed E-state index contributed by atoms with van der Waals surface area (Å²) in [6, 6.07) is 18.1. The van der Waals surface area contributed by atoms with E-state index < -0.39 is 12.0 Å². The summed E-state index contributed by atoms with van der Waals surface area (Å²) < 4.78 is 5.16. The Bertz CT molecular complexity index is 777. The van der Waals surface area contributed by atoms with Crippen LogP contribution in [0.1, 0.15) is 11.1 Å². The summed E-state index contributed by atoms with van der Waals surface area (Å²) in [4.78, 5) is 37.2. The third-order valence-electron chi connectivity index (χ3n) is 4.12. The van der Waals surface area contributed by atoms with Gasteiger partial charge >= 0.3 is 5.97 Å². The van der Waals surface area contributed by atoms with Crippen LogP contribution in [0.4, 0.5) is 0 Å². The maximum Gasteiger partial charge on any atom is 0.325 e. The molecule has 0 spiro atoms. The summed E-state index contributed by atoms with van der Waals surface area (Å²) >= 11 is 0. The van der Waals surface area contributed by atoms with Crippen LogP contribution < -0.4 is 5.32 Å². The van der Waals surface area contributed by atoms with Crippen LogP contribution in [-0.2, 0) is 32.1 Å². The van der Waals surface area contributed by atoms with Gasteiger partial charge in [0.05, 0.1) is 13.0 Å². The van der Waals surface area contributed by atoms with Crippen molar-refractivity contribution in [3.05, 3.63) is 71.8 Å². The Balaban J connectivity index is 1.38. The van der Waals surface area contributed by atoms with E-state index in [0.717, 1.165) is 11.1 Å². The number of nitrogens with one attached hydrogen (secondary N) is 1. The molecular formula is C20H20N2O4. The Morgan fingerprint density at radius 3 is 2.23 bits per heavy atom. The number of esters is 1. The predicted octanol–water partition coefficient (Wildman–Crippen LogP) is 1.30. The van der Waals surface area contributed by atoms with Gasteiger partial charge in [0.1, 0.15) is 19.2 Å². The molecule has 6 heteroatoms. The standard InChI is InChI=1S/C20H20N2O4/c23-18(11-15-7-3-1-4-8-15)21-17-12-22(20(17)25)13-19(24)26-14-16-9-5-2-6-10-16/h1-10,17H,11-14H2,(H,21,23). The zero-order valence-corrected chi connectivity index (χ0v) is 14.3. The lowest BCUT2D eigenvalue weighted by Crippen LogP contribution is -2.64.